The number of nitrogens with zero attached hydrogens (tertiary/aromatic N) is 1. The van der Waals surface area contributed by atoms with Crippen LogP contribution in [-0.2, 0) is 21.2 Å². The first-order chi connectivity index (χ1) is 11.5. The van der Waals surface area contributed by atoms with Crippen molar-refractivity contribution in [2.75, 3.05) is 5.32 Å². The van der Waals surface area contributed by atoms with E-state index in [1.54, 1.807) is 12.1 Å². The number of sulfonamides is 1. The van der Waals surface area contributed by atoms with E-state index in [2.05, 4.69) is 15.7 Å². The molecule has 3 N–H and O–H groups in total. The molecule has 124 valence electrons. The van der Waals surface area contributed by atoms with Crippen molar-refractivity contribution in [2.45, 2.75) is 17.7 Å². The minimum absolute atomic E-state index is 0.00119. The van der Waals surface area contributed by atoms with Gasteiger partial charge < -0.3 is 5.32 Å². The summed E-state index contributed by atoms with van der Waals surface area (Å²) in [5, 5.41) is 2.68. The van der Waals surface area contributed by atoms with Crippen LogP contribution in [0.3, 0.4) is 0 Å². The largest absolute Gasteiger partial charge is 0.326 e. The van der Waals surface area contributed by atoms with Gasteiger partial charge in [-0.2, -0.15) is 0 Å². The zero-order valence-electron chi connectivity index (χ0n) is 12.4. The molecule has 8 nitrogen and oxygen atoms in total. The lowest BCUT2D eigenvalue weighted by Gasteiger charge is -2.17. The average molecular weight is 346 g/mol. The highest BCUT2D eigenvalue weighted by atomic mass is 32.2. The molecule has 0 radical (unpaired) electrons. The molecule has 0 bridgehead atoms. The molecular weight excluding hydrogens is 332 g/mol. The molecule has 0 fully saturated rings. The predicted octanol–water partition coefficient (Wildman–Crippen LogP) is 0.590. The highest BCUT2D eigenvalue weighted by Gasteiger charge is 2.20. The Morgan fingerprint density at radius 3 is 2.75 bits per heavy atom. The maximum Gasteiger partial charge on any atom is 0.284 e. The third kappa shape index (κ3) is 3.42. The summed E-state index contributed by atoms with van der Waals surface area (Å²) in [6, 6.07) is 9.09. The van der Waals surface area contributed by atoms with E-state index in [4.69, 9.17) is 0 Å². The van der Waals surface area contributed by atoms with Crippen LogP contribution in [0.2, 0.25) is 0 Å². The molecule has 24 heavy (non-hydrogen) atoms. The van der Waals surface area contributed by atoms with E-state index in [0.29, 0.717) is 18.5 Å². The van der Waals surface area contributed by atoms with Gasteiger partial charge in [0.1, 0.15) is 5.69 Å². The summed E-state index contributed by atoms with van der Waals surface area (Å²) in [6.45, 7) is 0. The van der Waals surface area contributed by atoms with Gasteiger partial charge >= 0.3 is 0 Å². The maximum absolute atomic E-state index is 12.3. The number of nitrogens with one attached hydrogen (secondary N) is 3. The molecule has 1 aromatic carbocycles. The van der Waals surface area contributed by atoms with E-state index in [-0.39, 0.29) is 16.5 Å². The first kappa shape index (κ1) is 16.1. The van der Waals surface area contributed by atoms with E-state index in [1.807, 2.05) is 4.83 Å². The normalized spacial score (nSPS) is 13.8. The molecule has 0 aliphatic carbocycles. The molecule has 1 aliphatic rings. The van der Waals surface area contributed by atoms with Crippen molar-refractivity contribution in [3.63, 3.8) is 0 Å². The Hall–Kier alpha value is -2.78. The second kappa shape index (κ2) is 6.38. The topological polar surface area (TPSA) is 117 Å². The fourth-order valence-electron chi connectivity index (χ4n) is 2.26. The zero-order chi connectivity index (χ0) is 17.2. The Bertz CT molecular complexity index is 897. The number of amides is 2. The average Bonchev–Trinajstić information content (AvgIpc) is 2.60. The van der Waals surface area contributed by atoms with Crippen molar-refractivity contribution in [2.24, 2.45) is 0 Å². The van der Waals surface area contributed by atoms with Crippen LogP contribution in [0, 0.1) is 0 Å². The minimum atomic E-state index is -3.93. The van der Waals surface area contributed by atoms with Crippen molar-refractivity contribution in [3.05, 3.63) is 53.9 Å². The number of fused-ring (bicyclic) bond motifs is 1. The van der Waals surface area contributed by atoms with E-state index in [9.17, 15) is 18.0 Å². The Balaban J connectivity index is 1.74. The Kier molecular flexibility index (Phi) is 4.28. The summed E-state index contributed by atoms with van der Waals surface area (Å²) in [5.74, 6) is -0.761. The molecule has 1 aliphatic heterocycles. The molecule has 3 rings (SSSR count). The summed E-state index contributed by atoms with van der Waals surface area (Å²) in [7, 11) is -3.93. The molecule has 0 saturated carbocycles. The molecule has 0 saturated heterocycles. The zero-order valence-corrected chi connectivity index (χ0v) is 13.3. The van der Waals surface area contributed by atoms with Gasteiger partial charge in [0.05, 0.1) is 4.90 Å². The van der Waals surface area contributed by atoms with Crippen LogP contribution in [0.4, 0.5) is 5.69 Å². The summed E-state index contributed by atoms with van der Waals surface area (Å²) in [6.07, 6.45) is 2.20. The second-order valence-corrected chi connectivity index (χ2v) is 6.82. The van der Waals surface area contributed by atoms with Gasteiger partial charge in [-0.15, -0.1) is 4.83 Å². The predicted molar refractivity (Wildman–Crippen MR) is 85.4 cm³/mol. The molecule has 2 amide bonds. The summed E-state index contributed by atoms with van der Waals surface area (Å²) in [4.78, 5) is 29.0. The molecule has 2 heterocycles. The van der Waals surface area contributed by atoms with Crippen molar-refractivity contribution >= 4 is 27.5 Å². The van der Waals surface area contributed by atoms with Gasteiger partial charge in [0.2, 0.25) is 5.91 Å². The van der Waals surface area contributed by atoms with Crippen molar-refractivity contribution in [1.29, 1.82) is 0 Å². The monoisotopic (exact) mass is 346 g/mol. The van der Waals surface area contributed by atoms with Crippen LogP contribution in [0.5, 0.6) is 0 Å². The number of hydrogen-bond acceptors (Lipinski definition) is 5. The standard InChI is InChI=1S/C15H14N4O4S/c20-14-7-4-10-9-11(5-6-12(10)17-14)24(22,23)19-18-15(21)13-3-1-2-8-16-13/h1-3,5-6,8-9,19H,4,7H2,(H,17,20)(H,18,21). The molecule has 9 heteroatoms. The molecule has 1 aromatic heterocycles. The van der Waals surface area contributed by atoms with Crippen molar-refractivity contribution < 1.29 is 18.0 Å². The number of carbonyl (C=O) groups is 2. The van der Waals surface area contributed by atoms with Crippen LogP contribution < -0.4 is 15.6 Å². The highest BCUT2D eigenvalue weighted by Crippen LogP contribution is 2.25. The number of aryl methyl sites for hydroxylation is 1. The maximum atomic E-state index is 12.3. The van der Waals surface area contributed by atoms with E-state index < -0.39 is 15.9 Å². The third-order valence-electron chi connectivity index (χ3n) is 3.48. The first-order valence-electron chi connectivity index (χ1n) is 7.12. The smallest absolute Gasteiger partial charge is 0.284 e. The van der Waals surface area contributed by atoms with Gasteiger partial charge in [-0.3, -0.25) is 20.0 Å². The Morgan fingerprint density at radius 2 is 2.00 bits per heavy atom. The van der Waals surface area contributed by atoms with Crippen molar-refractivity contribution in [3.8, 4) is 0 Å². The SMILES string of the molecule is O=C1CCc2cc(S(=O)(=O)NNC(=O)c3ccccn3)ccc2N1. The second-order valence-electron chi connectivity index (χ2n) is 5.14. The van der Waals surface area contributed by atoms with E-state index >= 15 is 0 Å². The van der Waals surface area contributed by atoms with Crippen LogP contribution in [0.15, 0.2) is 47.5 Å². The summed E-state index contributed by atoms with van der Waals surface area (Å²) in [5.41, 5.74) is 3.54. The minimum Gasteiger partial charge on any atom is -0.326 e. The molecular formula is C15H14N4O4S. The highest BCUT2D eigenvalue weighted by molar-refractivity contribution is 7.89. The third-order valence-corrected chi connectivity index (χ3v) is 4.72. The van der Waals surface area contributed by atoms with E-state index in [0.717, 1.165) is 5.56 Å². The molecule has 0 spiro atoms. The van der Waals surface area contributed by atoms with Crippen LogP contribution in [-0.4, -0.2) is 25.2 Å². The lowest BCUT2D eigenvalue weighted by atomic mass is 10.0. The van der Waals surface area contributed by atoms with Crippen LogP contribution in [0.1, 0.15) is 22.5 Å². The van der Waals surface area contributed by atoms with E-state index in [1.165, 1.54) is 30.5 Å². The summed E-state index contributed by atoms with van der Waals surface area (Å²) >= 11 is 0. The molecule has 2 aromatic rings. The van der Waals surface area contributed by atoms with Gasteiger partial charge in [0.25, 0.3) is 15.9 Å². The van der Waals surface area contributed by atoms with Gasteiger partial charge in [-0.25, -0.2) is 8.42 Å². The first-order valence-corrected chi connectivity index (χ1v) is 8.60. The molecule has 0 atom stereocenters. The Morgan fingerprint density at radius 1 is 1.17 bits per heavy atom. The van der Waals surface area contributed by atoms with Crippen LogP contribution >= 0.6 is 0 Å². The van der Waals surface area contributed by atoms with Gasteiger partial charge in [0.15, 0.2) is 0 Å². The number of hydrogen-bond donors (Lipinski definition) is 3. The number of anilines is 1. The Labute approximate surface area is 138 Å². The van der Waals surface area contributed by atoms with Crippen LogP contribution in [0.25, 0.3) is 0 Å². The molecule has 0 unspecified atom stereocenters. The van der Waals surface area contributed by atoms with Gasteiger partial charge in [0, 0.05) is 18.3 Å². The fraction of sp³-hybridized carbons (Fsp3) is 0.133. The van der Waals surface area contributed by atoms with Crippen molar-refractivity contribution in [1.82, 2.24) is 15.2 Å². The number of hydrazine groups is 1. The number of aromatic nitrogens is 1. The fourth-order valence-corrected chi connectivity index (χ4v) is 3.15. The van der Waals surface area contributed by atoms with Gasteiger partial charge in [-0.05, 0) is 42.3 Å². The number of benzene rings is 1. The summed E-state index contributed by atoms with van der Waals surface area (Å²) < 4.78 is 24.6. The number of carbonyl (C=O) groups excluding carboxylic acids is 2. The number of pyridine rings is 1. The lowest BCUT2D eigenvalue weighted by Crippen LogP contribution is -2.41. The lowest BCUT2D eigenvalue weighted by molar-refractivity contribution is -0.116. The number of rotatable bonds is 4. The quantitative estimate of drug-likeness (QED) is 0.701. The van der Waals surface area contributed by atoms with Gasteiger partial charge in [-0.1, -0.05) is 6.07 Å².